The second-order valence-corrected chi connectivity index (χ2v) is 7.13. The van der Waals surface area contributed by atoms with Crippen molar-refractivity contribution in [1.82, 2.24) is 0 Å². The lowest BCUT2D eigenvalue weighted by molar-refractivity contribution is -0.149. The van der Waals surface area contributed by atoms with E-state index in [1.807, 2.05) is 30.3 Å². The Labute approximate surface area is 119 Å². The van der Waals surface area contributed by atoms with Crippen molar-refractivity contribution in [3.8, 4) is 0 Å². The number of benzene rings is 1. The summed E-state index contributed by atoms with van der Waals surface area (Å²) in [6.45, 7) is 5.31. The highest BCUT2D eigenvalue weighted by atomic mass is 16.5. The molecule has 3 nitrogen and oxygen atoms in total. The van der Waals surface area contributed by atoms with Crippen LogP contribution in [0.25, 0.3) is 0 Å². The van der Waals surface area contributed by atoms with Gasteiger partial charge in [-0.1, -0.05) is 32.0 Å². The van der Waals surface area contributed by atoms with E-state index < -0.39 is 5.60 Å². The summed E-state index contributed by atoms with van der Waals surface area (Å²) in [7, 11) is 0. The van der Waals surface area contributed by atoms with Gasteiger partial charge in [-0.15, -0.1) is 0 Å². The first kappa shape index (κ1) is 12.4. The third-order valence-corrected chi connectivity index (χ3v) is 6.60. The van der Waals surface area contributed by atoms with Gasteiger partial charge in [0.2, 0.25) is 0 Å². The second kappa shape index (κ2) is 3.64. The molecule has 4 atom stereocenters. The standard InChI is InChI=1S/C17H21NO2/c1-15-11-20-17(10-12(15)8-9-16(15,17)2)14(19)18-13-6-4-3-5-7-13/h3-7,12H,8-11H2,1-2H3,(H,18,19)/t12-,15-,16+,17-/m0/s1. The predicted octanol–water partition coefficient (Wildman–Crippen LogP) is 3.22. The van der Waals surface area contributed by atoms with E-state index in [2.05, 4.69) is 19.2 Å². The molecule has 3 aliphatic rings. The number of para-hydroxylation sites is 1. The summed E-state index contributed by atoms with van der Waals surface area (Å²) in [4.78, 5) is 12.9. The van der Waals surface area contributed by atoms with Gasteiger partial charge in [0.15, 0.2) is 5.60 Å². The molecule has 1 aromatic carbocycles. The number of hydrogen-bond donors (Lipinski definition) is 1. The summed E-state index contributed by atoms with van der Waals surface area (Å²) in [6.07, 6.45) is 3.24. The van der Waals surface area contributed by atoms with Crippen LogP contribution in [-0.2, 0) is 9.53 Å². The minimum Gasteiger partial charge on any atom is -0.364 e. The molecular formula is C17H21NO2. The Morgan fingerprint density at radius 3 is 2.70 bits per heavy atom. The maximum absolute atomic E-state index is 12.9. The van der Waals surface area contributed by atoms with Crippen LogP contribution in [0.2, 0.25) is 0 Å². The van der Waals surface area contributed by atoms with Crippen LogP contribution in [0.1, 0.15) is 33.1 Å². The molecule has 106 valence electrons. The smallest absolute Gasteiger partial charge is 0.257 e. The van der Waals surface area contributed by atoms with Gasteiger partial charge >= 0.3 is 0 Å². The van der Waals surface area contributed by atoms with E-state index in [-0.39, 0.29) is 16.7 Å². The molecule has 0 aromatic heterocycles. The molecule has 1 aromatic rings. The normalized spacial score (nSPS) is 44.8. The lowest BCUT2D eigenvalue weighted by Gasteiger charge is -2.39. The predicted molar refractivity (Wildman–Crippen MR) is 77.3 cm³/mol. The first-order chi connectivity index (χ1) is 9.52. The molecule has 0 unspecified atom stereocenters. The molecule has 1 saturated heterocycles. The number of carbonyl (C=O) groups excluding carboxylic acids is 1. The van der Waals surface area contributed by atoms with Crippen LogP contribution in [0.4, 0.5) is 5.69 Å². The average molecular weight is 271 g/mol. The Morgan fingerprint density at radius 1 is 1.30 bits per heavy atom. The molecule has 4 rings (SSSR count). The first-order valence-electron chi connectivity index (χ1n) is 7.52. The van der Waals surface area contributed by atoms with Gasteiger partial charge in [-0.05, 0) is 37.3 Å². The summed E-state index contributed by atoms with van der Waals surface area (Å²) >= 11 is 0. The fourth-order valence-electron chi connectivity index (χ4n) is 5.01. The van der Waals surface area contributed by atoms with Crippen molar-refractivity contribution in [2.24, 2.45) is 16.7 Å². The average Bonchev–Trinajstić information content (AvgIpc) is 2.92. The van der Waals surface area contributed by atoms with Gasteiger partial charge in [-0.25, -0.2) is 0 Å². The van der Waals surface area contributed by atoms with Crippen LogP contribution in [0, 0.1) is 16.7 Å². The van der Waals surface area contributed by atoms with E-state index in [1.54, 1.807) is 0 Å². The summed E-state index contributed by atoms with van der Waals surface area (Å²) in [5.41, 5.74) is 0.417. The first-order valence-corrected chi connectivity index (χ1v) is 7.52. The zero-order chi connectivity index (χ0) is 14.0. The number of anilines is 1. The monoisotopic (exact) mass is 271 g/mol. The molecule has 3 fully saturated rings. The van der Waals surface area contributed by atoms with E-state index in [0.717, 1.165) is 25.1 Å². The van der Waals surface area contributed by atoms with E-state index in [4.69, 9.17) is 4.74 Å². The van der Waals surface area contributed by atoms with E-state index in [0.29, 0.717) is 5.92 Å². The van der Waals surface area contributed by atoms with Crippen LogP contribution in [0.15, 0.2) is 30.3 Å². The number of amides is 1. The van der Waals surface area contributed by atoms with Crippen molar-refractivity contribution in [2.45, 2.75) is 38.7 Å². The summed E-state index contributed by atoms with van der Waals surface area (Å²) < 4.78 is 6.10. The summed E-state index contributed by atoms with van der Waals surface area (Å²) in [5, 5.41) is 3.07. The molecular weight excluding hydrogens is 250 g/mol. The summed E-state index contributed by atoms with van der Waals surface area (Å²) in [6, 6.07) is 9.69. The summed E-state index contributed by atoms with van der Waals surface area (Å²) in [5.74, 6) is 0.694. The number of rotatable bonds is 2. The maximum atomic E-state index is 12.9. The molecule has 20 heavy (non-hydrogen) atoms. The van der Waals surface area contributed by atoms with E-state index in [9.17, 15) is 4.79 Å². The van der Waals surface area contributed by atoms with Crippen LogP contribution in [0.5, 0.6) is 0 Å². The highest BCUT2D eigenvalue weighted by Gasteiger charge is 2.78. The molecule has 2 aliphatic carbocycles. The minimum absolute atomic E-state index is 0.0104. The largest absolute Gasteiger partial charge is 0.364 e. The van der Waals surface area contributed by atoms with Crippen LogP contribution in [-0.4, -0.2) is 18.1 Å². The van der Waals surface area contributed by atoms with E-state index in [1.165, 1.54) is 6.42 Å². The molecule has 1 amide bonds. The third-order valence-electron chi connectivity index (χ3n) is 6.60. The second-order valence-electron chi connectivity index (χ2n) is 7.13. The molecule has 3 heteroatoms. The molecule has 0 spiro atoms. The number of nitrogens with one attached hydrogen (secondary N) is 1. The Morgan fingerprint density at radius 2 is 2.05 bits per heavy atom. The molecule has 2 saturated carbocycles. The van der Waals surface area contributed by atoms with Crippen molar-refractivity contribution in [3.05, 3.63) is 30.3 Å². The van der Waals surface area contributed by atoms with Gasteiger partial charge < -0.3 is 10.1 Å². The van der Waals surface area contributed by atoms with Crippen molar-refractivity contribution >= 4 is 11.6 Å². The Hall–Kier alpha value is -1.35. The fourth-order valence-corrected chi connectivity index (χ4v) is 5.01. The molecule has 1 aliphatic heterocycles. The van der Waals surface area contributed by atoms with E-state index >= 15 is 0 Å². The fraction of sp³-hybridized carbons (Fsp3) is 0.588. The Kier molecular flexibility index (Phi) is 2.26. The minimum atomic E-state index is -0.611. The maximum Gasteiger partial charge on any atom is 0.257 e. The number of carbonyl (C=O) groups is 1. The van der Waals surface area contributed by atoms with Gasteiger partial charge in [-0.3, -0.25) is 4.79 Å². The molecule has 1 heterocycles. The highest BCUT2D eigenvalue weighted by molar-refractivity contribution is 5.99. The van der Waals surface area contributed by atoms with Gasteiger partial charge in [0, 0.05) is 16.5 Å². The van der Waals surface area contributed by atoms with Gasteiger partial charge in [0.25, 0.3) is 5.91 Å². The van der Waals surface area contributed by atoms with Gasteiger partial charge in [0.05, 0.1) is 6.61 Å². The van der Waals surface area contributed by atoms with Crippen molar-refractivity contribution in [3.63, 3.8) is 0 Å². The zero-order valence-electron chi connectivity index (χ0n) is 12.1. The van der Waals surface area contributed by atoms with Gasteiger partial charge in [0.1, 0.15) is 0 Å². The van der Waals surface area contributed by atoms with Crippen molar-refractivity contribution in [1.29, 1.82) is 0 Å². The van der Waals surface area contributed by atoms with Crippen LogP contribution < -0.4 is 5.32 Å². The SMILES string of the molecule is C[C@]12CC[C@H]3C[C@@]1(C(=O)Nc1ccccc1)OC[C@@]32C. The lowest BCUT2D eigenvalue weighted by Crippen LogP contribution is -2.52. The zero-order valence-corrected chi connectivity index (χ0v) is 12.1. The lowest BCUT2D eigenvalue weighted by atomic mass is 9.66. The topological polar surface area (TPSA) is 38.3 Å². The Bertz CT molecular complexity index is 572. The number of hydrogen-bond acceptors (Lipinski definition) is 2. The van der Waals surface area contributed by atoms with Crippen LogP contribution in [0.3, 0.4) is 0 Å². The van der Waals surface area contributed by atoms with Crippen molar-refractivity contribution < 1.29 is 9.53 Å². The van der Waals surface area contributed by atoms with Crippen LogP contribution >= 0.6 is 0 Å². The Balaban J connectivity index is 1.68. The highest BCUT2D eigenvalue weighted by Crippen LogP contribution is 2.75. The molecule has 4 bridgehead atoms. The number of ether oxygens (including phenoxy) is 1. The quantitative estimate of drug-likeness (QED) is 0.897. The molecule has 1 N–H and O–H groups in total. The van der Waals surface area contributed by atoms with Gasteiger partial charge in [-0.2, -0.15) is 0 Å². The molecule has 0 radical (unpaired) electrons. The third kappa shape index (κ3) is 1.19. The van der Waals surface area contributed by atoms with Crippen molar-refractivity contribution in [2.75, 3.05) is 11.9 Å².